The summed E-state index contributed by atoms with van der Waals surface area (Å²) in [6.07, 6.45) is 1.52. The highest BCUT2D eigenvalue weighted by atomic mass is 32.1. The van der Waals surface area contributed by atoms with Gasteiger partial charge in [-0.15, -0.1) is 11.3 Å². The Morgan fingerprint density at radius 3 is 2.81 bits per heavy atom. The number of amides is 1. The van der Waals surface area contributed by atoms with E-state index in [0.29, 0.717) is 35.6 Å². The average molecular weight is 464 g/mol. The van der Waals surface area contributed by atoms with E-state index in [4.69, 9.17) is 10.8 Å². The van der Waals surface area contributed by atoms with Crippen molar-refractivity contribution in [2.75, 3.05) is 17.6 Å². The number of hydrogen-bond donors (Lipinski definition) is 6. The third-order valence-electron chi connectivity index (χ3n) is 5.36. The molecule has 3 heterocycles. The fourth-order valence-electron chi connectivity index (χ4n) is 3.63. The Morgan fingerprint density at radius 2 is 2.12 bits per heavy atom. The molecule has 1 aliphatic rings. The first-order valence-electron chi connectivity index (χ1n) is 10.1. The average Bonchev–Trinajstić information content (AvgIpc) is 3.10. The van der Waals surface area contributed by atoms with Gasteiger partial charge in [-0.3, -0.25) is 19.4 Å². The predicted molar refractivity (Wildman–Crippen MR) is 118 cm³/mol. The van der Waals surface area contributed by atoms with E-state index in [1.165, 1.54) is 11.3 Å². The van der Waals surface area contributed by atoms with Crippen molar-refractivity contribution >= 4 is 40.9 Å². The summed E-state index contributed by atoms with van der Waals surface area (Å²) in [5.41, 5.74) is 6.84. The smallest absolute Gasteiger partial charge is 0.326 e. The molecule has 32 heavy (non-hydrogen) atoms. The van der Waals surface area contributed by atoms with Crippen molar-refractivity contribution in [2.45, 2.75) is 45.1 Å². The lowest BCUT2D eigenvalue weighted by Crippen LogP contribution is -2.40. The second kappa shape index (κ2) is 9.81. The number of nitrogens with zero attached hydrogens (tertiary/aromatic N) is 1. The third-order valence-corrected chi connectivity index (χ3v) is 6.65. The van der Waals surface area contributed by atoms with Gasteiger partial charge in [0.25, 0.3) is 11.5 Å². The van der Waals surface area contributed by atoms with Crippen LogP contribution in [0.15, 0.2) is 10.9 Å². The number of aryl methyl sites for hydroxylation is 2. The van der Waals surface area contributed by atoms with Gasteiger partial charge >= 0.3 is 11.9 Å². The molecule has 1 amide bonds. The highest BCUT2D eigenvalue weighted by Gasteiger charge is 2.25. The van der Waals surface area contributed by atoms with Gasteiger partial charge in [-0.2, -0.15) is 4.98 Å². The molecule has 0 saturated carbocycles. The molecule has 2 atom stereocenters. The zero-order chi connectivity index (χ0) is 23.4. The van der Waals surface area contributed by atoms with Gasteiger partial charge in [-0.05, 0) is 50.2 Å². The second-order valence-corrected chi connectivity index (χ2v) is 8.92. The molecule has 0 saturated heterocycles. The van der Waals surface area contributed by atoms with Crippen LogP contribution in [0, 0.1) is 12.8 Å². The lowest BCUT2D eigenvalue weighted by Gasteiger charge is -2.24. The summed E-state index contributed by atoms with van der Waals surface area (Å²) >= 11 is 1.29. The van der Waals surface area contributed by atoms with Crippen molar-refractivity contribution in [2.24, 2.45) is 5.92 Å². The summed E-state index contributed by atoms with van der Waals surface area (Å²) < 4.78 is 0. The topological polar surface area (TPSA) is 188 Å². The number of carbonyl (C=O) groups is 3. The van der Waals surface area contributed by atoms with Gasteiger partial charge in [0.15, 0.2) is 0 Å². The number of thiophene rings is 1. The molecular weight excluding hydrogens is 438 g/mol. The number of aromatic amines is 1. The molecule has 3 rings (SSSR count). The number of rotatable bonds is 9. The fraction of sp³-hybridized carbons (Fsp3) is 0.450. The van der Waals surface area contributed by atoms with Crippen LogP contribution in [0.25, 0.3) is 0 Å². The van der Waals surface area contributed by atoms with Crippen LogP contribution >= 0.6 is 11.3 Å². The van der Waals surface area contributed by atoms with Crippen molar-refractivity contribution in [1.29, 1.82) is 0 Å². The monoisotopic (exact) mass is 463 g/mol. The van der Waals surface area contributed by atoms with E-state index in [9.17, 15) is 24.3 Å². The lowest BCUT2D eigenvalue weighted by molar-refractivity contribution is -0.140. The van der Waals surface area contributed by atoms with E-state index < -0.39 is 23.9 Å². The summed E-state index contributed by atoms with van der Waals surface area (Å²) in [5, 5.41) is 23.5. The summed E-state index contributed by atoms with van der Waals surface area (Å²) in [7, 11) is 0. The Balaban J connectivity index is 1.60. The molecule has 0 unspecified atom stereocenters. The van der Waals surface area contributed by atoms with E-state index in [-0.39, 0.29) is 30.3 Å². The highest BCUT2D eigenvalue weighted by Crippen LogP contribution is 2.28. The van der Waals surface area contributed by atoms with Gasteiger partial charge < -0.3 is 26.6 Å². The molecular formula is C20H25N5O6S. The molecule has 172 valence electrons. The van der Waals surface area contributed by atoms with Gasteiger partial charge in [0.05, 0.1) is 10.4 Å². The van der Waals surface area contributed by atoms with Crippen LogP contribution in [0.3, 0.4) is 0 Å². The van der Waals surface area contributed by atoms with E-state index in [2.05, 4.69) is 20.6 Å². The number of fused-ring (bicyclic) bond motifs is 1. The number of aromatic nitrogens is 2. The molecule has 0 radical (unpaired) electrons. The number of hydrogen-bond acceptors (Lipinski definition) is 8. The maximum absolute atomic E-state index is 12.5. The van der Waals surface area contributed by atoms with Crippen molar-refractivity contribution in [3.63, 3.8) is 0 Å². The maximum Gasteiger partial charge on any atom is 0.326 e. The first kappa shape index (κ1) is 23.3. The third kappa shape index (κ3) is 5.63. The van der Waals surface area contributed by atoms with Crippen molar-refractivity contribution in [3.8, 4) is 0 Å². The van der Waals surface area contributed by atoms with Crippen LogP contribution in [0.5, 0.6) is 0 Å². The van der Waals surface area contributed by atoms with Gasteiger partial charge in [-0.1, -0.05) is 0 Å². The molecule has 1 aliphatic heterocycles. The van der Waals surface area contributed by atoms with Crippen LogP contribution in [0.2, 0.25) is 0 Å². The summed E-state index contributed by atoms with van der Waals surface area (Å²) in [5.74, 6) is -2.13. The molecule has 11 nitrogen and oxygen atoms in total. The number of carboxylic acid groups (broad SMARTS) is 2. The number of aliphatic carboxylic acids is 2. The van der Waals surface area contributed by atoms with Crippen LogP contribution in [0.4, 0.5) is 11.8 Å². The Hall–Kier alpha value is -3.41. The van der Waals surface area contributed by atoms with Crippen molar-refractivity contribution in [1.82, 2.24) is 15.3 Å². The number of carbonyl (C=O) groups excluding carboxylic acids is 1. The SMILES string of the molecule is Cc1cc(C(=O)N[C@@H](CCC(=O)O)C(=O)O)sc1CC[C@@H]1CNc2nc(N)[nH]c(=O)c2C1. The Labute approximate surface area is 187 Å². The van der Waals surface area contributed by atoms with Gasteiger partial charge in [0.2, 0.25) is 5.95 Å². The molecule has 0 aliphatic carbocycles. The first-order valence-corrected chi connectivity index (χ1v) is 10.9. The van der Waals surface area contributed by atoms with Gasteiger partial charge in [0, 0.05) is 17.8 Å². The van der Waals surface area contributed by atoms with Crippen LogP contribution in [-0.4, -0.2) is 50.6 Å². The van der Waals surface area contributed by atoms with E-state index in [1.54, 1.807) is 6.07 Å². The minimum Gasteiger partial charge on any atom is -0.481 e. The summed E-state index contributed by atoms with van der Waals surface area (Å²) in [4.78, 5) is 54.6. The Bertz CT molecular complexity index is 1090. The van der Waals surface area contributed by atoms with E-state index in [0.717, 1.165) is 16.9 Å². The predicted octanol–water partition coefficient (Wildman–Crippen LogP) is 0.987. The molecule has 0 spiro atoms. The molecule has 0 bridgehead atoms. The Kier molecular flexibility index (Phi) is 7.13. The van der Waals surface area contributed by atoms with Crippen LogP contribution in [0.1, 0.15) is 44.9 Å². The zero-order valence-electron chi connectivity index (χ0n) is 17.4. The first-order chi connectivity index (χ1) is 15.1. The molecule has 0 aromatic carbocycles. The number of nitrogens with one attached hydrogen (secondary N) is 3. The summed E-state index contributed by atoms with van der Waals surface area (Å²) in [6, 6.07) is 0.440. The van der Waals surface area contributed by atoms with E-state index >= 15 is 0 Å². The number of nitrogens with two attached hydrogens (primary N) is 1. The highest BCUT2D eigenvalue weighted by molar-refractivity contribution is 7.14. The molecule has 2 aromatic rings. The van der Waals surface area contributed by atoms with Gasteiger partial charge in [-0.25, -0.2) is 4.79 Å². The van der Waals surface area contributed by atoms with E-state index in [1.807, 2.05) is 6.92 Å². The second-order valence-electron chi connectivity index (χ2n) is 7.78. The number of carboxylic acids is 2. The Morgan fingerprint density at radius 1 is 1.38 bits per heavy atom. The van der Waals surface area contributed by atoms with Crippen LogP contribution in [-0.2, 0) is 22.4 Å². The number of nitrogen functional groups attached to an aromatic ring is 1. The molecule has 12 heteroatoms. The zero-order valence-corrected chi connectivity index (χ0v) is 18.3. The lowest BCUT2D eigenvalue weighted by atomic mass is 9.92. The normalized spacial score (nSPS) is 16.0. The number of H-pyrrole nitrogens is 1. The minimum absolute atomic E-state index is 0.0767. The van der Waals surface area contributed by atoms with Crippen molar-refractivity contribution in [3.05, 3.63) is 37.3 Å². The molecule has 2 aromatic heterocycles. The van der Waals surface area contributed by atoms with Crippen LogP contribution < -0.4 is 21.9 Å². The maximum atomic E-state index is 12.5. The fourth-order valence-corrected chi connectivity index (χ4v) is 4.72. The largest absolute Gasteiger partial charge is 0.481 e. The minimum atomic E-state index is -1.27. The van der Waals surface area contributed by atoms with Gasteiger partial charge in [0.1, 0.15) is 11.9 Å². The van der Waals surface area contributed by atoms with Crippen molar-refractivity contribution < 1.29 is 24.6 Å². The summed E-state index contributed by atoms with van der Waals surface area (Å²) in [6.45, 7) is 2.54. The quantitative estimate of drug-likeness (QED) is 0.315. The number of anilines is 2. The molecule has 0 fully saturated rings. The molecule has 7 N–H and O–H groups in total. The standard InChI is InChI=1S/C20H25N5O6S/c1-9-6-14(18(29)23-12(19(30)31)3-5-15(26)27)32-13(9)4-2-10-7-11-16(22-8-10)24-20(21)25-17(11)28/h6,10,12H,2-5,7-8H2,1H3,(H,23,29)(H,26,27)(H,30,31)(H4,21,22,24,25,28)/t10-,12-/m0/s1.